The SMILES string of the molecule is CCCCCCCCCCCCCC[C@H](NC(=O)OC(C)(C)C)C(=O)OC. The van der Waals surface area contributed by atoms with Crippen LogP contribution in [0.15, 0.2) is 0 Å². The highest BCUT2D eigenvalue weighted by Gasteiger charge is 2.24. The number of alkyl carbamates (subject to hydrolysis) is 1. The van der Waals surface area contributed by atoms with E-state index < -0.39 is 23.7 Å². The van der Waals surface area contributed by atoms with Gasteiger partial charge in [0.05, 0.1) is 7.11 Å². The number of hydrogen-bond acceptors (Lipinski definition) is 4. The third-order valence-corrected chi connectivity index (χ3v) is 4.52. The minimum Gasteiger partial charge on any atom is -0.467 e. The molecule has 0 aromatic heterocycles. The van der Waals surface area contributed by atoms with Crippen molar-refractivity contribution in [2.45, 2.75) is 123 Å². The van der Waals surface area contributed by atoms with E-state index in [2.05, 4.69) is 12.2 Å². The standard InChI is InChI=1S/C22H43NO4/c1-6-7-8-9-10-11-12-13-14-15-16-17-18-19(20(24)26-5)23-21(25)27-22(2,3)4/h19H,6-18H2,1-5H3,(H,23,25)/t19-/m0/s1. The maximum atomic E-state index is 11.9. The summed E-state index contributed by atoms with van der Waals surface area (Å²) in [7, 11) is 1.34. The first kappa shape index (κ1) is 25.7. The molecule has 0 aromatic rings. The van der Waals surface area contributed by atoms with Gasteiger partial charge in [-0.15, -0.1) is 0 Å². The number of esters is 1. The molecule has 27 heavy (non-hydrogen) atoms. The molecule has 0 rings (SSSR count). The van der Waals surface area contributed by atoms with Crippen molar-refractivity contribution in [2.75, 3.05) is 7.11 Å². The smallest absolute Gasteiger partial charge is 0.408 e. The van der Waals surface area contributed by atoms with Gasteiger partial charge in [-0.25, -0.2) is 9.59 Å². The molecular formula is C22H43NO4. The monoisotopic (exact) mass is 385 g/mol. The van der Waals surface area contributed by atoms with Crippen LogP contribution in [0.5, 0.6) is 0 Å². The number of carbonyl (C=O) groups is 2. The summed E-state index contributed by atoms with van der Waals surface area (Å²) in [6.07, 6.45) is 15.2. The highest BCUT2D eigenvalue weighted by atomic mass is 16.6. The first-order chi connectivity index (χ1) is 12.8. The van der Waals surface area contributed by atoms with E-state index in [-0.39, 0.29) is 0 Å². The van der Waals surface area contributed by atoms with Gasteiger partial charge in [-0.2, -0.15) is 0 Å². The highest BCUT2D eigenvalue weighted by molar-refractivity contribution is 5.81. The topological polar surface area (TPSA) is 64.6 Å². The average molecular weight is 386 g/mol. The van der Waals surface area contributed by atoms with E-state index in [1.807, 2.05) is 0 Å². The molecular weight excluding hydrogens is 342 g/mol. The Morgan fingerprint density at radius 2 is 1.26 bits per heavy atom. The molecule has 0 unspecified atom stereocenters. The zero-order valence-corrected chi connectivity index (χ0v) is 18.4. The lowest BCUT2D eigenvalue weighted by Gasteiger charge is -2.22. The van der Waals surface area contributed by atoms with E-state index in [0.717, 1.165) is 12.8 Å². The van der Waals surface area contributed by atoms with Crippen LogP contribution in [0.2, 0.25) is 0 Å². The van der Waals surface area contributed by atoms with Gasteiger partial charge < -0.3 is 14.8 Å². The number of unbranched alkanes of at least 4 members (excludes halogenated alkanes) is 11. The Labute approximate surface area is 167 Å². The third kappa shape index (κ3) is 16.6. The Hall–Kier alpha value is -1.26. The molecule has 1 N–H and O–H groups in total. The molecule has 0 radical (unpaired) electrons. The molecule has 1 atom stereocenters. The molecule has 0 aliphatic rings. The van der Waals surface area contributed by atoms with Crippen LogP contribution in [0.1, 0.15) is 111 Å². The van der Waals surface area contributed by atoms with Crippen molar-refractivity contribution in [3.63, 3.8) is 0 Å². The molecule has 0 saturated carbocycles. The summed E-state index contributed by atoms with van der Waals surface area (Å²) >= 11 is 0. The molecule has 0 fully saturated rings. The molecule has 0 spiro atoms. The van der Waals surface area contributed by atoms with Crippen LogP contribution >= 0.6 is 0 Å². The predicted molar refractivity (Wildman–Crippen MR) is 111 cm³/mol. The quantitative estimate of drug-likeness (QED) is 0.271. The second-order valence-electron chi connectivity index (χ2n) is 8.40. The van der Waals surface area contributed by atoms with Crippen LogP contribution in [0.3, 0.4) is 0 Å². The van der Waals surface area contributed by atoms with E-state index >= 15 is 0 Å². The Balaban J connectivity index is 3.80. The van der Waals surface area contributed by atoms with Gasteiger partial charge in [-0.1, -0.05) is 84.0 Å². The van der Waals surface area contributed by atoms with Gasteiger partial charge in [0, 0.05) is 0 Å². The molecule has 5 heteroatoms. The van der Waals surface area contributed by atoms with Crippen molar-refractivity contribution in [1.82, 2.24) is 5.32 Å². The van der Waals surface area contributed by atoms with Crippen LogP contribution in [0.4, 0.5) is 4.79 Å². The van der Waals surface area contributed by atoms with E-state index in [1.54, 1.807) is 20.8 Å². The minimum absolute atomic E-state index is 0.413. The number of rotatable bonds is 15. The Morgan fingerprint density at radius 3 is 1.67 bits per heavy atom. The molecule has 0 bridgehead atoms. The third-order valence-electron chi connectivity index (χ3n) is 4.52. The van der Waals surface area contributed by atoms with Crippen molar-refractivity contribution in [1.29, 1.82) is 0 Å². The zero-order chi connectivity index (χ0) is 20.5. The van der Waals surface area contributed by atoms with E-state index in [1.165, 1.54) is 71.3 Å². The Kier molecular flexibility index (Phi) is 15.0. The van der Waals surface area contributed by atoms with Gasteiger partial charge in [-0.05, 0) is 27.2 Å². The van der Waals surface area contributed by atoms with E-state index in [0.29, 0.717) is 6.42 Å². The first-order valence-electron chi connectivity index (χ1n) is 10.9. The molecule has 5 nitrogen and oxygen atoms in total. The fraction of sp³-hybridized carbons (Fsp3) is 0.909. The lowest BCUT2D eigenvalue weighted by molar-refractivity contribution is -0.143. The fourth-order valence-electron chi connectivity index (χ4n) is 3.03. The lowest BCUT2D eigenvalue weighted by Crippen LogP contribution is -2.44. The van der Waals surface area contributed by atoms with Gasteiger partial charge in [0.1, 0.15) is 11.6 Å². The van der Waals surface area contributed by atoms with Crippen LogP contribution in [0, 0.1) is 0 Å². The fourth-order valence-corrected chi connectivity index (χ4v) is 3.03. The predicted octanol–water partition coefficient (Wildman–Crippen LogP) is 6.14. The summed E-state index contributed by atoms with van der Waals surface area (Å²) in [6, 6.07) is -0.632. The Morgan fingerprint density at radius 1 is 0.815 bits per heavy atom. The summed E-state index contributed by atoms with van der Waals surface area (Å²) < 4.78 is 10.0. The Bertz CT molecular complexity index is 390. The molecule has 0 saturated heterocycles. The van der Waals surface area contributed by atoms with Crippen LogP contribution in [-0.4, -0.2) is 30.8 Å². The summed E-state index contributed by atoms with van der Waals surface area (Å²) in [5, 5.41) is 2.63. The summed E-state index contributed by atoms with van der Waals surface area (Å²) in [4.78, 5) is 23.7. The number of nitrogens with one attached hydrogen (secondary N) is 1. The van der Waals surface area contributed by atoms with E-state index in [9.17, 15) is 9.59 Å². The number of methoxy groups -OCH3 is 1. The summed E-state index contributed by atoms with van der Waals surface area (Å²) in [6.45, 7) is 7.64. The number of ether oxygens (including phenoxy) is 2. The van der Waals surface area contributed by atoms with Gasteiger partial charge in [0.15, 0.2) is 0 Å². The second-order valence-corrected chi connectivity index (χ2v) is 8.40. The molecule has 160 valence electrons. The highest BCUT2D eigenvalue weighted by Crippen LogP contribution is 2.14. The summed E-state index contributed by atoms with van der Waals surface area (Å²) in [5.41, 5.74) is -0.583. The molecule has 0 aromatic carbocycles. The van der Waals surface area contributed by atoms with Crippen LogP contribution in [0.25, 0.3) is 0 Å². The molecule has 0 heterocycles. The minimum atomic E-state index is -0.632. The van der Waals surface area contributed by atoms with Crippen molar-refractivity contribution in [2.24, 2.45) is 0 Å². The van der Waals surface area contributed by atoms with Gasteiger partial charge in [-0.3, -0.25) is 0 Å². The number of amides is 1. The summed E-state index contributed by atoms with van der Waals surface area (Å²) in [5.74, 6) is -0.413. The van der Waals surface area contributed by atoms with Crippen molar-refractivity contribution < 1.29 is 19.1 Å². The lowest BCUT2D eigenvalue weighted by atomic mass is 10.0. The van der Waals surface area contributed by atoms with Crippen LogP contribution < -0.4 is 5.32 Å². The van der Waals surface area contributed by atoms with Crippen molar-refractivity contribution in [3.05, 3.63) is 0 Å². The molecule has 1 amide bonds. The largest absolute Gasteiger partial charge is 0.467 e. The molecule has 0 aliphatic carbocycles. The second kappa shape index (κ2) is 15.8. The maximum absolute atomic E-state index is 11.9. The first-order valence-corrected chi connectivity index (χ1v) is 10.9. The number of hydrogen-bond donors (Lipinski definition) is 1. The van der Waals surface area contributed by atoms with Crippen molar-refractivity contribution in [3.8, 4) is 0 Å². The zero-order valence-electron chi connectivity index (χ0n) is 18.4. The van der Waals surface area contributed by atoms with Crippen LogP contribution in [-0.2, 0) is 14.3 Å². The molecule has 0 aliphatic heterocycles. The van der Waals surface area contributed by atoms with Gasteiger partial charge >= 0.3 is 12.1 Å². The van der Waals surface area contributed by atoms with Gasteiger partial charge in [0.25, 0.3) is 0 Å². The maximum Gasteiger partial charge on any atom is 0.408 e. The number of carbonyl (C=O) groups excluding carboxylic acids is 2. The average Bonchev–Trinajstić information content (AvgIpc) is 2.59. The van der Waals surface area contributed by atoms with E-state index in [4.69, 9.17) is 9.47 Å². The normalized spacial score (nSPS) is 12.5. The van der Waals surface area contributed by atoms with Crippen molar-refractivity contribution >= 4 is 12.1 Å². The van der Waals surface area contributed by atoms with Gasteiger partial charge in [0.2, 0.25) is 0 Å².